The van der Waals surface area contributed by atoms with E-state index in [1.807, 2.05) is 0 Å². The van der Waals surface area contributed by atoms with Gasteiger partial charge in [0.1, 0.15) is 5.82 Å². The Hall–Kier alpha value is -0.900. The fraction of sp³-hybridized carbons (Fsp3) is 0.875. The van der Waals surface area contributed by atoms with E-state index in [1.165, 1.54) is 50.8 Å². The van der Waals surface area contributed by atoms with E-state index in [4.69, 9.17) is 4.98 Å². The van der Waals surface area contributed by atoms with Gasteiger partial charge in [0, 0.05) is 19.0 Å². The number of nitrogens with one attached hydrogen (secondary N) is 1. The van der Waals surface area contributed by atoms with E-state index >= 15 is 0 Å². The highest BCUT2D eigenvalue weighted by Gasteiger charge is 2.28. The molecular weight excluding hydrogens is 248 g/mol. The number of fused-ring (bicyclic) bond motifs is 1. The van der Waals surface area contributed by atoms with Crippen molar-refractivity contribution >= 4 is 0 Å². The zero-order valence-electron chi connectivity index (χ0n) is 12.9. The van der Waals surface area contributed by atoms with E-state index < -0.39 is 0 Å². The van der Waals surface area contributed by atoms with E-state index in [9.17, 15) is 0 Å². The third kappa shape index (κ3) is 2.90. The molecule has 1 N–H and O–H groups in total. The van der Waals surface area contributed by atoms with Crippen LogP contribution >= 0.6 is 0 Å². The molecule has 2 aliphatic rings. The first-order valence-electron chi connectivity index (χ1n) is 8.49. The Bertz CT molecular complexity index is 440. The van der Waals surface area contributed by atoms with Gasteiger partial charge in [0.15, 0.2) is 5.82 Å². The first-order valence-corrected chi connectivity index (χ1v) is 8.49. The van der Waals surface area contributed by atoms with Crippen LogP contribution in [-0.4, -0.2) is 20.8 Å². The van der Waals surface area contributed by atoms with Crippen LogP contribution in [0.4, 0.5) is 0 Å². The lowest BCUT2D eigenvalue weighted by atomic mass is 9.83. The molecule has 1 fully saturated rings. The van der Waals surface area contributed by atoms with Gasteiger partial charge in [-0.15, -0.1) is 0 Å². The van der Waals surface area contributed by atoms with Crippen molar-refractivity contribution in [2.75, 3.05) is 0 Å². The number of aryl methyl sites for hydroxylation is 2. The second-order valence-corrected chi connectivity index (χ2v) is 6.46. The molecule has 0 unspecified atom stereocenters. The monoisotopic (exact) mass is 276 g/mol. The minimum absolute atomic E-state index is 0.428. The summed E-state index contributed by atoms with van der Waals surface area (Å²) >= 11 is 0. The summed E-state index contributed by atoms with van der Waals surface area (Å²) in [6, 6.07) is 1.11. The van der Waals surface area contributed by atoms with Crippen molar-refractivity contribution in [3.05, 3.63) is 11.6 Å². The molecule has 0 saturated heterocycles. The third-order valence-electron chi connectivity index (χ3n) is 5.03. The zero-order chi connectivity index (χ0) is 13.9. The van der Waals surface area contributed by atoms with Crippen LogP contribution in [0, 0.1) is 5.92 Å². The molecule has 3 rings (SSSR count). The van der Waals surface area contributed by atoms with Crippen LogP contribution < -0.4 is 5.32 Å². The molecule has 1 aromatic rings. The molecular formula is C16H28N4. The molecule has 0 radical (unpaired) electrons. The van der Waals surface area contributed by atoms with Crippen molar-refractivity contribution in [2.24, 2.45) is 5.92 Å². The van der Waals surface area contributed by atoms with Crippen LogP contribution in [0.25, 0.3) is 0 Å². The molecule has 4 heteroatoms. The number of rotatable bonds is 4. The van der Waals surface area contributed by atoms with Gasteiger partial charge in [-0.25, -0.2) is 9.67 Å². The molecule has 3 atom stereocenters. The van der Waals surface area contributed by atoms with Gasteiger partial charge in [-0.05, 0) is 31.6 Å². The van der Waals surface area contributed by atoms with Crippen molar-refractivity contribution in [2.45, 2.75) is 83.8 Å². The summed E-state index contributed by atoms with van der Waals surface area (Å²) in [5.41, 5.74) is 0. The maximum atomic E-state index is 4.74. The van der Waals surface area contributed by atoms with Crippen molar-refractivity contribution in [1.82, 2.24) is 20.1 Å². The summed E-state index contributed by atoms with van der Waals surface area (Å²) in [7, 11) is 0. The maximum Gasteiger partial charge on any atom is 0.150 e. The molecule has 1 aliphatic carbocycles. The van der Waals surface area contributed by atoms with Crippen molar-refractivity contribution < 1.29 is 0 Å². The summed E-state index contributed by atoms with van der Waals surface area (Å²) in [5, 5.41) is 8.50. The molecule has 4 nitrogen and oxygen atoms in total. The number of hydrogen-bond donors (Lipinski definition) is 1. The Morgan fingerprint density at radius 2 is 2.10 bits per heavy atom. The van der Waals surface area contributed by atoms with Crippen molar-refractivity contribution in [1.29, 1.82) is 0 Å². The fourth-order valence-corrected chi connectivity index (χ4v) is 3.80. The second kappa shape index (κ2) is 6.25. The minimum atomic E-state index is 0.428. The van der Waals surface area contributed by atoms with Crippen LogP contribution in [-0.2, 0) is 13.0 Å². The number of aromatic nitrogens is 3. The smallest absolute Gasteiger partial charge is 0.150 e. The molecule has 1 aliphatic heterocycles. The highest BCUT2D eigenvalue weighted by molar-refractivity contribution is 5.03. The van der Waals surface area contributed by atoms with Gasteiger partial charge in [-0.3, -0.25) is 0 Å². The Morgan fingerprint density at radius 1 is 1.20 bits per heavy atom. The van der Waals surface area contributed by atoms with Crippen molar-refractivity contribution in [3.8, 4) is 0 Å². The van der Waals surface area contributed by atoms with Gasteiger partial charge < -0.3 is 5.32 Å². The van der Waals surface area contributed by atoms with Gasteiger partial charge >= 0.3 is 0 Å². The molecule has 112 valence electrons. The van der Waals surface area contributed by atoms with Crippen LogP contribution in [0.15, 0.2) is 0 Å². The highest BCUT2D eigenvalue weighted by Crippen LogP contribution is 2.30. The minimum Gasteiger partial charge on any atom is -0.304 e. The van der Waals surface area contributed by atoms with E-state index in [0.29, 0.717) is 12.1 Å². The van der Waals surface area contributed by atoms with Crippen LogP contribution in [0.3, 0.4) is 0 Å². The van der Waals surface area contributed by atoms with E-state index in [0.717, 1.165) is 24.7 Å². The number of nitrogens with zero attached hydrogens (tertiary/aromatic N) is 3. The quantitative estimate of drug-likeness (QED) is 0.918. The largest absolute Gasteiger partial charge is 0.304 e. The molecule has 1 saturated carbocycles. The highest BCUT2D eigenvalue weighted by atomic mass is 15.4. The van der Waals surface area contributed by atoms with Gasteiger partial charge in [0.25, 0.3) is 0 Å². The van der Waals surface area contributed by atoms with Gasteiger partial charge in [-0.2, -0.15) is 5.10 Å². The van der Waals surface area contributed by atoms with Crippen LogP contribution in [0.1, 0.15) is 76.5 Å². The second-order valence-electron chi connectivity index (χ2n) is 6.46. The standard InChI is InChI=1S/C16H28N4/c1-3-12-7-5-8-13(11-12)17-14-9-6-10-20-16(14)18-15(4-2)19-20/h12-14,17H,3-11H2,1-2H3/t12-,13+,14+/m1/s1. The Labute approximate surface area is 122 Å². The lowest BCUT2D eigenvalue weighted by Gasteiger charge is -2.33. The van der Waals surface area contributed by atoms with E-state index in [1.54, 1.807) is 0 Å². The van der Waals surface area contributed by atoms with Gasteiger partial charge in [0.05, 0.1) is 6.04 Å². The summed E-state index contributed by atoms with van der Waals surface area (Å²) in [4.78, 5) is 4.74. The Morgan fingerprint density at radius 3 is 2.90 bits per heavy atom. The maximum absolute atomic E-state index is 4.74. The predicted octanol–water partition coefficient (Wildman–Crippen LogP) is 3.23. The summed E-state index contributed by atoms with van der Waals surface area (Å²) in [5.74, 6) is 3.12. The molecule has 1 aromatic heterocycles. The average molecular weight is 276 g/mol. The molecule has 2 heterocycles. The molecule has 20 heavy (non-hydrogen) atoms. The Balaban J connectivity index is 1.68. The summed E-state index contributed by atoms with van der Waals surface area (Å²) in [6.45, 7) is 5.51. The first kappa shape index (κ1) is 14.1. The molecule has 0 bridgehead atoms. The van der Waals surface area contributed by atoms with Gasteiger partial charge in [-0.1, -0.05) is 33.1 Å². The van der Waals surface area contributed by atoms with Gasteiger partial charge in [0.2, 0.25) is 0 Å². The molecule has 0 amide bonds. The van der Waals surface area contributed by atoms with Crippen LogP contribution in [0.2, 0.25) is 0 Å². The average Bonchev–Trinajstić information content (AvgIpc) is 2.92. The van der Waals surface area contributed by atoms with E-state index in [2.05, 4.69) is 28.9 Å². The molecule has 0 aromatic carbocycles. The van der Waals surface area contributed by atoms with E-state index in [-0.39, 0.29) is 0 Å². The zero-order valence-corrected chi connectivity index (χ0v) is 12.9. The normalized spacial score (nSPS) is 30.2. The van der Waals surface area contributed by atoms with Crippen LogP contribution in [0.5, 0.6) is 0 Å². The third-order valence-corrected chi connectivity index (χ3v) is 5.03. The topological polar surface area (TPSA) is 42.7 Å². The lowest BCUT2D eigenvalue weighted by molar-refractivity contribution is 0.242. The fourth-order valence-electron chi connectivity index (χ4n) is 3.80. The first-order chi connectivity index (χ1) is 9.80. The number of hydrogen-bond acceptors (Lipinski definition) is 3. The molecule has 0 spiro atoms. The summed E-state index contributed by atoms with van der Waals surface area (Å²) in [6.07, 6.45) is 10.2. The van der Waals surface area contributed by atoms with Crippen molar-refractivity contribution in [3.63, 3.8) is 0 Å². The lowest BCUT2D eigenvalue weighted by Crippen LogP contribution is -2.39. The SMILES string of the molecule is CCc1nc2n(n1)CCC[C@@H]2N[C@H]1CCC[C@@H](CC)C1. The summed E-state index contributed by atoms with van der Waals surface area (Å²) < 4.78 is 2.14. The predicted molar refractivity (Wildman–Crippen MR) is 80.5 cm³/mol. The Kier molecular flexibility index (Phi) is 4.39.